The first-order valence-electron chi connectivity index (χ1n) is 5.75. The number of hydrogen-bond acceptors (Lipinski definition) is 3. The van der Waals surface area contributed by atoms with Gasteiger partial charge in [0, 0.05) is 6.20 Å². The first kappa shape index (κ1) is 10.1. The van der Waals surface area contributed by atoms with Crippen LogP contribution < -0.4 is 10.1 Å². The van der Waals surface area contributed by atoms with Gasteiger partial charge in [-0.15, -0.1) is 0 Å². The maximum atomic E-state index is 5.85. The van der Waals surface area contributed by atoms with E-state index in [9.17, 15) is 0 Å². The Hall–Kier alpha value is -2.03. The van der Waals surface area contributed by atoms with Crippen molar-refractivity contribution in [3.05, 3.63) is 53.8 Å². The number of rotatable bonds is 1. The van der Waals surface area contributed by atoms with Crippen LogP contribution >= 0.6 is 0 Å². The average Bonchev–Trinajstić information content (AvgIpc) is 2.65. The van der Waals surface area contributed by atoms with E-state index < -0.39 is 0 Å². The van der Waals surface area contributed by atoms with E-state index in [0.717, 1.165) is 18.0 Å². The van der Waals surface area contributed by atoms with Crippen molar-refractivity contribution in [3.8, 4) is 5.75 Å². The van der Waals surface area contributed by atoms with E-state index >= 15 is 0 Å². The van der Waals surface area contributed by atoms with E-state index in [-0.39, 0.29) is 6.23 Å². The molecule has 1 atom stereocenters. The zero-order chi connectivity index (χ0) is 11.7. The molecule has 0 saturated carbocycles. The van der Waals surface area contributed by atoms with Crippen LogP contribution in [0.2, 0.25) is 0 Å². The van der Waals surface area contributed by atoms with E-state index in [1.165, 1.54) is 11.1 Å². The second-order valence-electron chi connectivity index (χ2n) is 4.25. The van der Waals surface area contributed by atoms with Gasteiger partial charge >= 0.3 is 0 Å². The van der Waals surface area contributed by atoms with Crippen molar-refractivity contribution in [2.45, 2.75) is 19.6 Å². The minimum Gasteiger partial charge on any atom is -0.463 e. The zero-order valence-corrected chi connectivity index (χ0v) is 9.68. The van der Waals surface area contributed by atoms with Gasteiger partial charge in [-0.3, -0.25) is 0 Å². The minimum atomic E-state index is -0.0917. The van der Waals surface area contributed by atoms with Crippen molar-refractivity contribution < 1.29 is 4.74 Å². The van der Waals surface area contributed by atoms with Crippen LogP contribution in [0, 0.1) is 0 Å². The Kier molecular flexibility index (Phi) is 2.44. The first-order valence-corrected chi connectivity index (χ1v) is 5.75. The molecule has 1 N–H and O–H groups in total. The van der Waals surface area contributed by atoms with Gasteiger partial charge in [-0.05, 0) is 31.1 Å². The van der Waals surface area contributed by atoms with Gasteiger partial charge in [0.25, 0.3) is 0 Å². The monoisotopic (exact) mass is 226 g/mol. The summed E-state index contributed by atoms with van der Waals surface area (Å²) in [4.78, 5) is 4.25. The Labute approximate surface area is 101 Å². The van der Waals surface area contributed by atoms with Gasteiger partial charge in [0.05, 0.1) is 0 Å². The van der Waals surface area contributed by atoms with Crippen molar-refractivity contribution in [2.75, 3.05) is 5.32 Å². The van der Waals surface area contributed by atoms with Crippen LogP contribution in [0.1, 0.15) is 13.3 Å². The Morgan fingerprint density at radius 1 is 1.47 bits per heavy atom. The van der Waals surface area contributed by atoms with Crippen LogP contribution in [0.3, 0.4) is 0 Å². The maximum Gasteiger partial charge on any atom is 0.194 e. The average molecular weight is 226 g/mol. The number of fused-ring (bicyclic) bond motifs is 1. The van der Waals surface area contributed by atoms with Gasteiger partial charge < -0.3 is 10.1 Å². The van der Waals surface area contributed by atoms with E-state index in [0.29, 0.717) is 0 Å². The zero-order valence-electron chi connectivity index (χ0n) is 9.68. The molecule has 0 amide bonds. The molecule has 0 radical (unpaired) electrons. The highest BCUT2D eigenvalue weighted by Crippen LogP contribution is 2.32. The lowest BCUT2D eigenvalue weighted by Crippen LogP contribution is -2.22. The standard InChI is InChI=1S/C14H14N2O/c1-10-5-2-3-6-11(9-10)14-16-13-12(17-14)7-4-8-15-13/h2-5,7-9,14H,6H2,1H3,(H,15,16). The fourth-order valence-corrected chi connectivity index (χ4v) is 2.05. The lowest BCUT2D eigenvalue weighted by Gasteiger charge is -2.14. The largest absolute Gasteiger partial charge is 0.463 e. The molecule has 86 valence electrons. The highest BCUT2D eigenvalue weighted by molar-refractivity contribution is 5.56. The molecule has 3 rings (SSSR count). The SMILES string of the molecule is CC1=CC=CCC(C2Nc3ncccc3O2)=C1. The summed E-state index contributed by atoms with van der Waals surface area (Å²) in [5.41, 5.74) is 2.47. The maximum absolute atomic E-state index is 5.85. The smallest absolute Gasteiger partial charge is 0.194 e. The molecule has 1 unspecified atom stereocenters. The van der Waals surface area contributed by atoms with E-state index in [1.54, 1.807) is 6.20 Å². The van der Waals surface area contributed by atoms with Gasteiger partial charge in [0.2, 0.25) is 0 Å². The van der Waals surface area contributed by atoms with Crippen molar-refractivity contribution in [1.82, 2.24) is 4.98 Å². The molecule has 3 nitrogen and oxygen atoms in total. The molecular weight excluding hydrogens is 212 g/mol. The predicted octanol–water partition coefficient (Wildman–Crippen LogP) is 3.04. The van der Waals surface area contributed by atoms with Gasteiger partial charge in [-0.2, -0.15) is 0 Å². The highest BCUT2D eigenvalue weighted by Gasteiger charge is 2.25. The van der Waals surface area contributed by atoms with Crippen LogP contribution in [0.15, 0.2) is 53.8 Å². The molecule has 0 aromatic carbocycles. The predicted molar refractivity (Wildman–Crippen MR) is 67.9 cm³/mol. The van der Waals surface area contributed by atoms with Crippen molar-refractivity contribution in [3.63, 3.8) is 0 Å². The van der Waals surface area contributed by atoms with E-state index in [4.69, 9.17) is 4.74 Å². The topological polar surface area (TPSA) is 34.2 Å². The van der Waals surface area contributed by atoms with Gasteiger partial charge in [0.1, 0.15) is 0 Å². The number of nitrogens with one attached hydrogen (secondary N) is 1. The Morgan fingerprint density at radius 3 is 3.29 bits per heavy atom. The molecule has 2 heterocycles. The summed E-state index contributed by atoms with van der Waals surface area (Å²) in [5, 5.41) is 3.29. The molecule has 0 saturated heterocycles. The molecule has 0 bridgehead atoms. The minimum absolute atomic E-state index is 0.0917. The number of pyridine rings is 1. The number of aromatic nitrogens is 1. The summed E-state index contributed by atoms with van der Waals surface area (Å²) in [6.07, 6.45) is 11.1. The number of nitrogens with zero attached hydrogens (tertiary/aromatic N) is 1. The summed E-state index contributed by atoms with van der Waals surface area (Å²) in [6, 6.07) is 3.82. The normalized spacial score (nSPS) is 21.8. The molecule has 3 heteroatoms. The summed E-state index contributed by atoms with van der Waals surface area (Å²) in [6.45, 7) is 2.09. The summed E-state index contributed by atoms with van der Waals surface area (Å²) < 4.78 is 5.85. The summed E-state index contributed by atoms with van der Waals surface area (Å²) >= 11 is 0. The molecule has 1 aliphatic carbocycles. The number of allylic oxidation sites excluding steroid dienone is 5. The lowest BCUT2D eigenvalue weighted by atomic mass is 10.1. The molecule has 2 aliphatic rings. The van der Waals surface area contributed by atoms with Gasteiger partial charge in [-0.1, -0.05) is 29.9 Å². The third kappa shape index (κ3) is 1.96. The van der Waals surface area contributed by atoms with Crippen LogP contribution in [0.5, 0.6) is 5.75 Å². The highest BCUT2D eigenvalue weighted by atomic mass is 16.5. The van der Waals surface area contributed by atoms with Crippen LogP contribution in [-0.4, -0.2) is 11.2 Å². The third-order valence-corrected chi connectivity index (χ3v) is 2.88. The first-order chi connectivity index (χ1) is 8.33. The molecule has 1 aromatic rings. The van der Waals surface area contributed by atoms with Gasteiger partial charge in [-0.25, -0.2) is 4.98 Å². The summed E-state index contributed by atoms with van der Waals surface area (Å²) in [7, 11) is 0. The van der Waals surface area contributed by atoms with E-state index in [2.05, 4.69) is 41.5 Å². The van der Waals surface area contributed by atoms with Crippen LogP contribution in [0.4, 0.5) is 5.82 Å². The molecule has 17 heavy (non-hydrogen) atoms. The lowest BCUT2D eigenvalue weighted by molar-refractivity contribution is 0.287. The number of ether oxygens (including phenoxy) is 1. The second kappa shape index (κ2) is 4.09. The molecule has 0 fully saturated rings. The second-order valence-corrected chi connectivity index (χ2v) is 4.25. The van der Waals surface area contributed by atoms with Crippen LogP contribution in [-0.2, 0) is 0 Å². The quantitative estimate of drug-likeness (QED) is 0.799. The molecule has 1 aromatic heterocycles. The van der Waals surface area contributed by atoms with E-state index in [1.807, 2.05) is 12.1 Å². The van der Waals surface area contributed by atoms with Gasteiger partial charge in [0.15, 0.2) is 17.8 Å². The Morgan fingerprint density at radius 2 is 2.41 bits per heavy atom. The van der Waals surface area contributed by atoms with Crippen molar-refractivity contribution >= 4 is 5.82 Å². The molecular formula is C14H14N2O. The van der Waals surface area contributed by atoms with Crippen LogP contribution in [0.25, 0.3) is 0 Å². The molecule has 0 spiro atoms. The third-order valence-electron chi connectivity index (χ3n) is 2.88. The number of hydrogen-bond donors (Lipinski definition) is 1. The fourth-order valence-electron chi connectivity index (χ4n) is 2.05. The van der Waals surface area contributed by atoms with Crippen molar-refractivity contribution in [1.29, 1.82) is 0 Å². The molecule has 1 aliphatic heterocycles. The Bertz CT molecular complexity index is 504. The fraction of sp³-hybridized carbons (Fsp3) is 0.214. The summed E-state index contributed by atoms with van der Waals surface area (Å²) in [5.74, 6) is 1.65. The number of anilines is 1. The Balaban J connectivity index is 1.85. The van der Waals surface area contributed by atoms with Crippen molar-refractivity contribution in [2.24, 2.45) is 0 Å².